The van der Waals surface area contributed by atoms with Crippen molar-refractivity contribution in [3.63, 3.8) is 0 Å². The van der Waals surface area contributed by atoms with Crippen LogP contribution in [0.5, 0.6) is 5.75 Å². The molecule has 27 heavy (non-hydrogen) atoms. The molecular weight excluding hydrogens is 341 g/mol. The summed E-state index contributed by atoms with van der Waals surface area (Å²) in [5, 5.41) is 12.9. The van der Waals surface area contributed by atoms with Crippen LogP contribution in [0.3, 0.4) is 0 Å². The summed E-state index contributed by atoms with van der Waals surface area (Å²) < 4.78 is 19.0. The molecule has 4 rings (SSSR count). The molecule has 0 spiro atoms. The maximum atomic E-state index is 13.3. The Balaban J connectivity index is 1.76. The number of nitrogens with one attached hydrogen (secondary N) is 1. The largest absolute Gasteiger partial charge is 0.440 e. The second kappa shape index (κ2) is 6.85. The van der Waals surface area contributed by atoms with Gasteiger partial charge in [-0.1, -0.05) is 36.4 Å². The quantitative estimate of drug-likeness (QED) is 0.707. The molecule has 132 valence electrons. The maximum Gasteiger partial charge on any atom is 0.205 e. The Bertz CT molecular complexity index is 1050. The number of anilines is 2. The standard InChI is InChI=1S/C22H16FN3O/c23-15-8-6-14(7-9-15)21-18-11-10-17(26-16-4-2-1-3-5-16)12-20(18)27-22(25)19(21)13-24/h1-12,21,26H,25H2. The fourth-order valence-electron chi connectivity index (χ4n) is 3.22. The number of allylic oxidation sites excluding steroid dienone is 1. The van der Waals surface area contributed by atoms with Crippen molar-refractivity contribution in [3.05, 3.63) is 101 Å². The number of rotatable bonds is 3. The van der Waals surface area contributed by atoms with Gasteiger partial charge in [-0.3, -0.25) is 0 Å². The van der Waals surface area contributed by atoms with Crippen LogP contribution in [0.4, 0.5) is 15.8 Å². The fraction of sp³-hybridized carbons (Fsp3) is 0.0455. The molecule has 3 aromatic carbocycles. The molecule has 0 bridgehead atoms. The van der Waals surface area contributed by atoms with Gasteiger partial charge in [-0.05, 0) is 35.9 Å². The van der Waals surface area contributed by atoms with Crippen LogP contribution in [0.25, 0.3) is 0 Å². The predicted octanol–water partition coefficient (Wildman–Crippen LogP) is 4.79. The van der Waals surface area contributed by atoms with Gasteiger partial charge in [-0.2, -0.15) is 5.26 Å². The highest BCUT2D eigenvalue weighted by molar-refractivity contribution is 5.65. The number of hydrogen-bond acceptors (Lipinski definition) is 4. The topological polar surface area (TPSA) is 71.1 Å². The number of nitrogens with zero attached hydrogens (tertiary/aromatic N) is 1. The van der Waals surface area contributed by atoms with Gasteiger partial charge in [0.25, 0.3) is 0 Å². The van der Waals surface area contributed by atoms with E-state index in [0.717, 1.165) is 22.5 Å². The fourth-order valence-corrected chi connectivity index (χ4v) is 3.22. The Labute approximate surface area is 156 Å². The van der Waals surface area contributed by atoms with E-state index in [-0.39, 0.29) is 11.7 Å². The molecule has 0 saturated carbocycles. The van der Waals surface area contributed by atoms with Crippen molar-refractivity contribution >= 4 is 11.4 Å². The summed E-state index contributed by atoms with van der Waals surface area (Å²) in [7, 11) is 0. The number of halogens is 1. The van der Waals surface area contributed by atoms with Crippen LogP contribution < -0.4 is 15.8 Å². The zero-order chi connectivity index (χ0) is 18.8. The molecule has 1 atom stereocenters. The Morgan fingerprint density at radius 3 is 2.41 bits per heavy atom. The molecule has 1 unspecified atom stereocenters. The number of nitrogens with two attached hydrogens (primary N) is 1. The lowest BCUT2D eigenvalue weighted by Crippen LogP contribution is -2.21. The van der Waals surface area contributed by atoms with Crippen molar-refractivity contribution in [2.24, 2.45) is 5.73 Å². The first-order valence-electron chi connectivity index (χ1n) is 8.45. The molecule has 1 aliphatic rings. The molecule has 5 heteroatoms. The number of benzene rings is 3. The third kappa shape index (κ3) is 3.21. The lowest BCUT2D eigenvalue weighted by molar-refractivity contribution is 0.394. The van der Waals surface area contributed by atoms with Crippen molar-refractivity contribution < 1.29 is 9.13 Å². The van der Waals surface area contributed by atoms with E-state index in [1.807, 2.05) is 48.5 Å². The highest BCUT2D eigenvalue weighted by Gasteiger charge is 2.30. The van der Waals surface area contributed by atoms with Gasteiger partial charge >= 0.3 is 0 Å². The number of para-hydroxylation sites is 1. The summed E-state index contributed by atoms with van der Waals surface area (Å²) in [5.41, 5.74) is 9.70. The van der Waals surface area contributed by atoms with E-state index in [4.69, 9.17) is 10.5 Å². The minimum atomic E-state index is -0.398. The van der Waals surface area contributed by atoms with E-state index >= 15 is 0 Å². The lowest BCUT2D eigenvalue weighted by atomic mass is 9.83. The molecular formula is C22H16FN3O. The highest BCUT2D eigenvalue weighted by atomic mass is 19.1. The first-order valence-corrected chi connectivity index (χ1v) is 8.45. The van der Waals surface area contributed by atoms with Crippen LogP contribution in [0.2, 0.25) is 0 Å². The Kier molecular flexibility index (Phi) is 4.23. The summed E-state index contributed by atoms with van der Waals surface area (Å²) >= 11 is 0. The van der Waals surface area contributed by atoms with Crippen LogP contribution in [-0.2, 0) is 0 Å². The van der Waals surface area contributed by atoms with E-state index in [1.165, 1.54) is 12.1 Å². The Morgan fingerprint density at radius 2 is 1.70 bits per heavy atom. The van der Waals surface area contributed by atoms with E-state index in [2.05, 4.69) is 11.4 Å². The first kappa shape index (κ1) is 16.7. The number of fused-ring (bicyclic) bond motifs is 1. The van der Waals surface area contributed by atoms with E-state index in [1.54, 1.807) is 12.1 Å². The van der Waals surface area contributed by atoms with Gasteiger partial charge in [0.15, 0.2) is 0 Å². The zero-order valence-electron chi connectivity index (χ0n) is 14.3. The normalized spacial score (nSPS) is 15.5. The Morgan fingerprint density at radius 1 is 0.963 bits per heavy atom. The molecule has 0 fully saturated rings. The van der Waals surface area contributed by atoms with Gasteiger partial charge in [-0.25, -0.2) is 4.39 Å². The third-order valence-electron chi connectivity index (χ3n) is 4.48. The molecule has 3 N–H and O–H groups in total. The van der Waals surface area contributed by atoms with Crippen LogP contribution >= 0.6 is 0 Å². The average Bonchev–Trinajstić information content (AvgIpc) is 2.68. The summed E-state index contributed by atoms with van der Waals surface area (Å²) in [5.74, 6) is -0.0908. The summed E-state index contributed by atoms with van der Waals surface area (Å²) in [6, 6.07) is 23.6. The van der Waals surface area contributed by atoms with Gasteiger partial charge in [-0.15, -0.1) is 0 Å². The van der Waals surface area contributed by atoms with Crippen LogP contribution in [0, 0.1) is 17.1 Å². The molecule has 1 aliphatic heterocycles. The molecule has 4 nitrogen and oxygen atoms in total. The van der Waals surface area contributed by atoms with Crippen molar-refractivity contribution in [2.45, 2.75) is 5.92 Å². The summed E-state index contributed by atoms with van der Waals surface area (Å²) in [4.78, 5) is 0. The lowest BCUT2D eigenvalue weighted by Gasteiger charge is -2.27. The molecule has 1 heterocycles. The third-order valence-corrected chi connectivity index (χ3v) is 4.48. The molecule has 3 aromatic rings. The zero-order valence-corrected chi connectivity index (χ0v) is 14.3. The van der Waals surface area contributed by atoms with Crippen LogP contribution in [0.15, 0.2) is 84.3 Å². The van der Waals surface area contributed by atoms with Gasteiger partial charge in [0.05, 0.1) is 5.92 Å². The van der Waals surface area contributed by atoms with Crippen molar-refractivity contribution in [2.75, 3.05) is 5.32 Å². The predicted molar refractivity (Wildman–Crippen MR) is 102 cm³/mol. The molecule has 0 aliphatic carbocycles. The first-order chi connectivity index (χ1) is 13.2. The number of ether oxygens (including phenoxy) is 1. The maximum absolute atomic E-state index is 13.3. The molecule has 0 radical (unpaired) electrons. The van der Waals surface area contributed by atoms with Gasteiger partial charge < -0.3 is 15.8 Å². The van der Waals surface area contributed by atoms with Gasteiger partial charge in [0.1, 0.15) is 23.2 Å². The van der Waals surface area contributed by atoms with E-state index in [0.29, 0.717) is 11.3 Å². The van der Waals surface area contributed by atoms with Crippen molar-refractivity contribution in [1.29, 1.82) is 5.26 Å². The second-order valence-corrected chi connectivity index (χ2v) is 6.22. The molecule has 0 amide bonds. The SMILES string of the molecule is N#CC1=C(N)Oc2cc(Nc3ccccc3)ccc2C1c1ccc(F)cc1. The monoisotopic (exact) mass is 357 g/mol. The smallest absolute Gasteiger partial charge is 0.205 e. The minimum Gasteiger partial charge on any atom is -0.440 e. The minimum absolute atomic E-state index is 0.0659. The Hall–Kier alpha value is -3.78. The molecule has 0 aromatic heterocycles. The van der Waals surface area contributed by atoms with Crippen molar-refractivity contribution in [3.8, 4) is 11.8 Å². The van der Waals surface area contributed by atoms with Gasteiger partial charge in [0, 0.05) is 23.0 Å². The van der Waals surface area contributed by atoms with E-state index < -0.39 is 5.92 Å². The number of nitriles is 1. The molecule has 0 saturated heterocycles. The number of hydrogen-bond donors (Lipinski definition) is 2. The van der Waals surface area contributed by atoms with Gasteiger partial charge in [0.2, 0.25) is 5.88 Å². The van der Waals surface area contributed by atoms with Crippen molar-refractivity contribution in [1.82, 2.24) is 0 Å². The summed E-state index contributed by atoms with van der Waals surface area (Å²) in [6.07, 6.45) is 0. The summed E-state index contributed by atoms with van der Waals surface area (Å²) in [6.45, 7) is 0. The van der Waals surface area contributed by atoms with E-state index in [9.17, 15) is 9.65 Å². The van der Waals surface area contributed by atoms with Crippen LogP contribution in [0.1, 0.15) is 17.0 Å². The van der Waals surface area contributed by atoms with Crippen LogP contribution in [-0.4, -0.2) is 0 Å². The second-order valence-electron chi connectivity index (χ2n) is 6.22. The highest BCUT2D eigenvalue weighted by Crippen LogP contribution is 2.43. The average molecular weight is 357 g/mol.